The highest BCUT2D eigenvalue weighted by Crippen LogP contribution is 2.45. The van der Waals surface area contributed by atoms with Gasteiger partial charge in [-0.05, 0) is 53.0 Å². The Morgan fingerprint density at radius 1 is 0.758 bits per heavy atom. The lowest BCUT2D eigenvalue weighted by Crippen LogP contribution is -2.26. The molecular weight excluding hydrogens is 418 g/mol. The zero-order valence-electron chi connectivity index (χ0n) is 19.3. The first-order chi connectivity index (χ1) is 16.1. The van der Waals surface area contributed by atoms with E-state index in [0.717, 1.165) is 11.6 Å². The molecule has 5 aromatic rings. The van der Waals surface area contributed by atoms with Crippen LogP contribution in [0.2, 0.25) is 0 Å². The molecule has 0 unspecified atom stereocenters. The molecule has 0 amide bonds. The fourth-order valence-electron chi connectivity index (χ4n) is 5.73. The van der Waals surface area contributed by atoms with Gasteiger partial charge in [0.05, 0.1) is 5.69 Å². The molecule has 0 bridgehead atoms. The van der Waals surface area contributed by atoms with E-state index in [4.69, 9.17) is 4.98 Å². The summed E-state index contributed by atoms with van der Waals surface area (Å²) in [6.45, 7) is 4.85. The van der Waals surface area contributed by atoms with Crippen molar-refractivity contribution in [2.24, 2.45) is 5.92 Å². The first-order valence-corrected chi connectivity index (χ1v) is 12.9. The number of aromatic nitrogens is 1. The van der Waals surface area contributed by atoms with Crippen molar-refractivity contribution >= 4 is 31.5 Å². The van der Waals surface area contributed by atoms with E-state index in [2.05, 4.69) is 92.7 Å². The maximum Gasteiger partial charge on any atom is 0.0719 e. The highest BCUT2D eigenvalue weighted by Gasteiger charge is 2.33. The van der Waals surface area contributed by atoms with E-state index in [1.807, 2.05) is 17.5 Å². The molecular formula is C31H29NS. The van der Waals surface area contributed by atoms with Crippen molar-refractivity contribution in [3.63, 3.8) is 0 Å². The molecule has 2 heterocycles. The molecule has 0 spiro atoms. The Hall–Kier alpha value is -2.97. The molecule has 33 heavy (non-hydrogen) atoms. The van der Waals surface area contributed by atoms with Gasteiger partial charge < -0.3 is 0 Å². The molecule has 1 aliphatic rings. The van der Waals surface area contributed by atoms with Gasteiger partial charge in [0.1, 0.15) is 0 Å². The molecule has 0 saturated heterocycles. The predicted octanol–water partition coefficient (Wildman–Crippen LogP) is 9.25. The Kier molecular flexibility index (Phi) is 5.07. The zero-order valence-corrected chi connectivity index (χ0v) is 20.2. The standard InChI is InChI=1S/C31H29NS/c1-31(2,22-12-6-7-13-22)23-18-19-32-28(20-23)27-17-9-16-26-25-15-8-14-24(29(25)33-30(26)27)21-10-4-3-5-11-21/h3-5,8-11,14-20,22H,6-7,12-13H2,1-2H3. The summed E-state index contributed by atoms with van der Waals surface area (Å²) in [6, 6.07) is 28.7. The van der Waals surface area contributed by atoms with Crippen molar-refractivity contribution in [2.45, 2.75) is 44.9 Å². The van der Waals surface area contributed by atoms with E-state index in [-0.39, 0.29) is 5.41 Å². The van der Waals surface area contributed by atoms with Crippen LogP contribution in [-0.4, -0.2) is 4.98 Å². The Morgan fingerprint density at radius 3 is 2.15 bits per heavy atom. The third kappa shape index (κ3) is 3.48. The van der Waals surface area contributed by atoms with Crippen molar-refractivity contribution < 1.29 is 0 Å². The molecule has 1 fully saturated rings. The Bertz CT molecular complexity index is 1440. The average molecular weight is 448 g/mol. The summed E-state index contributed by atoms with van der Waals surface area (Å²) in [6.07, 6.45) is 7.45. The molecule has 0 atom stereocenters. The lowest BCUT2D eigenvalue weighted by molar-refractivity contribution is 0.325. The van der Waals surface area contributed by atoms with Crippen LogP contribution in [0.3, 0.4) is 0 Å². The predicted molar refractivity (Wildman–Crippen MR) is 143 cm³/mol. The van der Waals surface area contributed by atoms with E-state index in [9.17, 15) is 0 Å². The number of benzene rings is 3. The van der Waals surface area contributed by atoms with Gasteiger partial charge in [-0.1, -0.05) is 93.4 Å². The van der Waals surface area contributed by atoms with Gasteiger partial charge in [0.25, 0.3) is 0 Å². The smallest absolute Gasteiger partial charge is 0.0719 e. The van der Waals surface area contributed by atoms with Gasteiger partial charge in [-0.3, -0.25) is 4.98 Å². The number of nitrogens with zero attached hydrogens (tertiary/aromatic N) is 1. The van der Waals surface area contributed by atoms with Gasteiger partial charge in [-0.15, -0.1) is 11.3 Å². The van der Waals surface area contributed by atoms with E-state index in [1.54, 1.807) is 0 Å². The van der Waals surface area contributed by atoms with Gasteiger partial charge in [0, 0.05) is 31.9 Å². The normalized spacial score (nSPS) is 15.0. The largest absolute Gasteiger partial charge is 0.256 e. The van der Waals surface area contributed by atoms with Crippen LogP contribution < -0.4 is 0 Å². The first kappa shape index (κ1) is 20.6. The molecule has 2 aromatic heterocycles. The maximum absolute atomic E-state index is 4.86. The average Bonchev–Trinajstić information content (AvgIpc) is 3.53. The molecule has 1 nitrogen and oxygen atoms in total. The SMILES string of the molecule is CC(C)(c1ccnc(-c2cccc3c2sc2c(-c4ccccc4)cccc23)c1)C1CCCC1. The fourth-order valence-corrected chi connectivity index (χ4v) is 7.09. The van der Waals surface area contributed by atoms with Crippen LogP contribution in [-0.2, 0) is 5.41 Å². The molecule has 0 radical (unpaired) electrons. The lowest BCUT2D eigenvalue weighted by atomic mass is 9.72. The summed E-state index contributed by atoms with van der Waals surface area (Å²) in [4.78, 5) is 4.86. The molecule has 0 N–H and O–H groups in total. The van der Waals surface area contributed by atoms with Crippen LogP contribution in [0, 0.1) is 5.92 Å². The second kappa shape index (κ2) is 8.11. The Balaban J connectivity index is 1.52. The fraction of sp³-hybridized carbons (Fsp3) is 0.258. The van der Waals surface area contributed by atoms with Crippen molar-refractivity contribution in [3.05, 3.63) is 90.6 Å². The number of hydrogen-bond acceptors (Lipinski definition) is 2. The number of fused-ring (bicyclic) bond motifs is 3. The molecule has 1 saturated carbocycles. The van der Waals surface area contributed by atoms with E-state index in [1.165, 1.54) is 68.1 Å². The second-order valence-electron chi connectivity index (χ2n) is 9.97. The minimum atomic E-state index is 0.183. The van der Waals surface area contributed by atoms with E-state index < -0.39 is 0 Å². The summed E-state index contributed by atoms with van der Waals surface area (Å²) in [5, 5.41) is 2.66. The number of rotatable bonds is 4. The van der Waals surface area contributed by atoms with Gasteiger partial charge in [-0.2, -0.15) is 0 Å². The molecule has 1 aliphatic carbocycles. The molecule has 164 valence electrons. The minimum Gasteiger partial charge on any atom is -0.256 e. The summed E-state index contributed by atoms with van der Waals surface area (Å²) < 4.78 is 2.69. The van der Waals surface area contributed by atoms with Gasteiger partial charge in [0.15, 0.2) is 0 Å². The van der Waals surface area contributed by atoms with Crippen LogP contribution >= 0.6 is 11.3 Å². The van der Waals surface area contributed by atoms with Crippen molar-refractivity contribution in [1.82, 2.24) is 4.98 Å². The quantitative estimate of drug-likeness (QED) is 0.267. The van der Waals surface area contributed by atoms with E-state index in [0.29, 0.717) is 0 Å². The summed E-state index contributed by atoms with van der Waals surface area (Å²) >= 11 is 1.90. The topological polar surface area (TPSA) is 12.9 Å². The first-order valence-electron chi connectivity index (χ1n) is 12.1. The number of hydrogen-bond donors (Lipinski definition) is 0. The van der Waals surface area contributed by atoms with Crippen LogP contribution in [0.4, 0.5) is 0 Å². The van der Waals surface area contributed by atoms with Crippen molar-refractivity contribution in [2.75, 3.05) is 0 Å². The highest BCUT2D eigenvalue weighted by molar-refractivity contribution is 7.26. The van der Waals surface area contributed by atoms with Crippen molar-refractivity contribution in [3.8, 4) is 22.4 Å². The third-order valence-electron chi connectivity index (χ3n) is 7.76. The maximum atomic E-state index is 4.86. The number of thiophene rings is 1. The minimum absolute atomic E-state index is 0.183. The monoisotopic (exact) mass is 447 g/mol. The molecule has 6 rings (SSSR count). The zero-order chi connectivity index (χ0) is 22.4. The Labute approximate surface area is 200 Å². The number of pyridine rings is 1. The third-order valence-corrected chi connectivity index (χ3v) is 9.05. The van der Waals surface area contributed by atoms with Gasteiger partial charge in [-0.25, -0.2) is 0 Å². The summed E-state index contributed by atoms with van der Waals surface area (Å²) in [5.41, 5.74) is 6.53. The lowest BCUT2D eigenvalue weighted by Gasteiger charge is -2.32. The van der Waals surface area contributed by atoms with Crippen LogP contribution in [0.15, 0.2) is 85.1 Å². The van der Waals surface area contributed by atoms with Crippen LogP contribution in [0.1, 0.15) is 45.1 Å². The summed E-state index contributed by atoms with van der Waals surface area (Å²) in [7, 11) is 0. The van der Waals surface area contributed by atoms with Gasteiger partial charge >= 0.3 is 0 Å². The summed E-state index contributed by atoms with van der Waals surface area (Å²) in [5.74, 6) is 0.765. The Morgan fingerprint density at radius 2 is 1.42 bits per heavy atom. The molecule has 3 aromatic carbocycles. The highest BCUT2D eigenvalue weighted by atomic mass is 32.1. The van der Waals surface area contributed by atoms with Crippen LogP contribution in [0.25, 0.3) is 42.6 Å². The van der Waals surface area contributed by atoms with Gasteiger partial charge in [0.2, 0.25) is 0 Å². The van der Waals surface area contributed by atoms with Crippen LogP contribution in [0.5, 0.6) is 0 Å². The molecule has 0 aliphatic heterocycles. The van der Waals surface area contributed by atoms with Crippen molar-refractivity contribution in [1.29, 1.82) is 0 Å². The van der Waals surface area contributed by atoms with E-state index >= 15 is 0 Å². The molecule has 2 heteroatoms. The second-order valence-corrected chi connectivity index (χ2v) is 11.0.